The first-order valence-electron chi connectivity index (χ1n) is 3.90. The van der Waals surface area contributed by atoms with Gasteiger partial charge in [-0.25, -0.2) is 0 Å². The Morgan fingerprint density at radius 1 is 1.45 bits per heavy atom. The molecule has 1 fully saturated rings. The first kappa shape index (κ1) is 10.5. The number of ether oxygens (including phenoxy) is 1. The van der Waals surface area contributed by atoms with Gasteiger partial charge in [-0.2, -0.15) is 0 Å². The van der Waals surface area contributed by atoms with Crippen molar-refractivity contribution in [3.8, 4) is 0 Å². The summed E-state index contributed by atoms with van der Waals surface area (Å²) in [4.78, 5) is 10.9. The van der Waals surface area contributed by atoms with Crippen molar-refractivity contribution in [3.05, 3.63) is 0 Å². The minimum absolute atomic E-state index is 0. The van der Waals surface area contributed by atoms with Crippen LogP contribution < -0.4 is 0 Å². The number of carbonyl (C=O) groups excluding carboxylic acids is 1. The maximum absolute atomic E-state index is 10.9. The summed E-state index contributed by atoms with van der Waals surface area (Å²) in [5.74, 6) is -0.0229. The summed E-state index contributed by atoms with van der Waals surface area (Å²) >= 11 is 0. The van der Waals surface area contributed by atoms with Crippen molar-refractivity contribution < 1.29 is 9.53 Å². The second kappa shape index (κ2) is 4.37. The van der Waals surface area contributed by atoms with Crippen LogP contribution in [0.15, 0.2) is 0 Å². The molecule has 0 N–H and O–H groups in total. The zero-order chi connectivity index (χ0) is 7.56. The van der Waals surface area contributed by atoms with Crippen LogP contribution in [0.4, 0.5) is 0 Å². The molecule has 0 amide bonds. The first-order valence-corrected chi connectivity index (χ1v) is 3.90. The molecule has 0 aromatic heterocycles. The molecule has 11 heavy (non-hydrogen) atoms. The Bertz CT molecular complexity index is 126. The van der Waals surface area contributed by atoms with Gasteiger partial charge in [-0.3, -0.25) is 4.79 Å². The summed E-state index contributed by atoms with van der Waals surface area (Å²) in [7, 11) is 0. The summed E-state index contributed by atoms with van der Waals surface area (Å²) in [6, 6.07) is 0. The molecule has 66 valence electrons. The van der Waals surface area contributed by atoms with Gasteiger partial charge in [-0.1, -0.05) is 21.3 Å². The fraction of sp³-hybridized carbons (Fsp3) is 0.889. The van der Waals surface area contributed by atoms with Crippen molar-refractivity contribution in [3.63, 3.8) is 0 Å². The molecule has 1 aliphatic rings. The summed E-state index contributed by atoms with van der Waals surface area (Å²) in [5.41, 5.74) is 0. The minimum Gasteiger partial charge on any atom is -0.462 e. The van der Waals surface area contributed by atoms with Gasteiger partial charge in [0.2, 0.25) is 0 Å². The van der Waals surface area contributed by atoms with Crippen LogP contribution in [0.2, 0.25) is 0 Å². The highest BCUT2D eigenvalue weighted by Crippen LogP contribution is 2.22. The standard InChI is InChI=1S/C8H14O2.CH4/c1-6(2)8(9)10-7-4-3-5-7;/h6-7H,3-5H2,1-2H3;1H4. The van der Waals surface area contributed by atoms with E-state index in [-0.39, 0.29) is 25.4 Å². The molecular formula is C9H18O2. The Kier molecular flexibility index (Phi) is 4.16. The molecule has 0 aliphatic heterocycles. The lowest BCUT2D eigenvalue weighted by Crippen LogP contribution is -2.27. The van der Waals surface area contributed by atoms with Crippen molar-refractivity contribution in [2.24, 2.45) is 5.92 Å². The van der Waals surface area contributed by atoms with E-state index < -0.39 is 0 Å². The molecule has 0 radical (unpaired) electrons. The molecule has 2 heteroatoms. The van der Waals surface area contributed by atoms with Gasteiger partial charge in [0.05, 0.1) is 5.92 Å². The lowest BCUT2D eigenvalue weighted by molar-refractivity contribution is -0.156. The molecule has 0 unspecified atom stereocenters. The number of hydrogen-bond donors (Lipinski definition) is 0. The molecule has 2 nitrogen and oxygen atoms in total. The van der Waals surface area contributed by atoms with Crippen molar-refractivity contribution in [2.75, 3.05) is 0 Å². The zero-order valence-corrected chi connectivity index (χ0v) is 6.59. The van der Waals surface area contributed by atoms with Gasteiger partial charge >= 0.3 is 5.97 Å². The smallest absolute Gasteiger partial charge is 0.308 e. The third kappa shape index (κ3) is 2.91. The van der Waals surface area contributed by atoms with Crippen molar-refractivity contribution in [1.29, 1.82) is 0 Å². The van der Waals surface area contributed by atoms with Crippen LogP contribution in [0, 0.1) is 5.92 Å². The van der Waals surface area contributed by atoms with Gasteiger partial charge in [0, 0.05) is 0 Å². The average Bonchev–Trinajstić information content (AvgIpc) is 1.77. The molecule has 1 aliphatic carbocycles. The van der Waals surface area contributed by atoms with Crippen LogP contribution >= 0.6 is 0 Å². The quantitative estimate of drug-likeness (QED) is 0.577. The third-order valence-corrected chi connectivity index (χ3v) is 1.81. The monoisotopic (exact) mass is 158 g/mol. The Hall–Kier alpha value is -0.530. The van der Waals surface area contributed by atoms with Crippen LogP contribution in [-0.2, 0) is 9.53 Å². The second-order valence-corrected chi connectivity index (χ2v) is 3.14. The molecule has 0 aromatic carbocycles. The van der Waals surface area contributed by atoms with E-state index in [2.05, 4.69) is 0 Å². The lowest BCUT2D eigenvalue weighted by atomic mass is 9.96. The molecule has 0 aromatic rings. The molecule has 0 heterocycles. The lowest BCUT2D eigenvalue weighted by Gasteiger charge is -2.25. The largest absolute Gasteiger partial charge is 0.462 e. The number of hydrogen-bond acceptors (Lipinski definition) is 2. The highest BCUT2D eigenvalue weighted by atomic mass is 16.5. The van der Waals surface area contributed by atoms with Gasteiger partial charge in [0.15, 0.2) is 0 Å². The molecule has 0 bridgehead atoms. The van der Waals surface area contributed by atoms with Crippen LogP contribution in [0.1, 0.15) is 40.5 Å². The van der Waals surface area contributed by atoms with E-state index in [1.54, 1.807) is 0 Å². The summed E-state index contributed by atoms with van der Waals surface area (Å²) in [5, 5.41) is 0. The minimum atomic E-state index is -0.0512. The summed E-state index contributed by atoms with van der Waals surface area (Å²) < 4.78 is 5.11. The maximum Gasteiger partial charge on any atom is 0.308 e. The van der Waals surface area contributed by atoms with Gasteiger partial charge < -0.3 is 4.74 Å². The first-order chi connectivity index (χ1) is 4.70. The molecular weight excluding hydrogens is 140 g/mol. The average molecular weight is 158 g/mol. The fourth-order valence-corrected chi connectivity index (χ4v) is 0.789. The van der Waals surface area contributed by atoms with E-state index in [1.807, 2.05) is 13.8 Å². The van der Waals surface area contributed by atoms with Gasteiger partial charge in [-0.15, -0.1) is 0 Å². The van der Waals surface area contributed by atoms with Crippen molar-refractivity contribution in [1.82, 2.24) is 0 Å². The SMILES string of the molecule is C.CC(C)C(=O)OC1CCC1. The van der Waals surface area contributed by atoms with E-state index in [0.29, 0.717) is 0 Å². The van der Waals surface area contributed by atoms with Gasteiger partial charge in [0.25, 0.3) is 0 Å². The Balaban J connectivity index is 0.000001000. The topological polar surface area (TPSA) is 26.3 Å². The highest BCUT2D eigenvalue weighted by Gasteiger charge is 2.22. The molecule has 1 rings (SSSR count). The Labute approximate surface area is 68.9 Å². The second-order valence-electron chi connectivity index (χ2n) is 3.14. The van der Waals surface area contributed by atoms with Crippen LogP contribution in [0.25, 0.3) is 0 Å². The van der Waals surface area contributed by atoms with Gasteiger partial charge in [-0.05, 0) is 19.3 Å². The predicted molar refractivity (Wildman–Crippen MR) is 45.3 cm³/mol. The van der Waals surface area contributed by atoms with Crippen LogP contribution in [-0.4, -0.2) is 12.1 Å². The van der Waals surface area contributed by atoms with E-state index in [1.165, 1.54) is 6.42 Å². The third-order valence-electron chi connectivity index (χ3n) is 1.81. The summed E-state index contributed by atoms with van der Waals surface area (Å²) in [6.07, 6.45) is 3.60. The highest BCUT2D eigenvalue weighted by molar-refractivity contribution is 5.71. The number of rotatable bonds is 2. The molecule has 0 saturated heterocycles. The van der Waals surface area contributed by atoms with Crippen LogP contribution in [0.3, 0.4) is 0 Å². The van der Waals surface area contributed by atoms with E-state index in [4.69, 9.17) is 4.74 Å². The van der Waals surface area contributed by atoms with Crippen molar-refractivity contribution >= 4 is 5.97 Å². The summed E-state index contributed by atoms with van der Waals surface area (Å²) in [6.45, 7) is 3.72. The normalized spacial score (nSPS) is 17.0. The number of esters is 1. The molecule has 1 saturated carbocycles. The predicted octanol–water partition coefficient (Wildman–Crippen LogP) is 2.37. The van der Waals surface area contributed by atoms with Gasteiger partial charge in [0.1, 0.15) is 6.10 Å². The van der Waals surface area contributed by atoms with Crippen molar-refractivity contribution in [2.45, 2.75) is 46.6 Å². The Morgan fingerprint density at radius 2 is 2.00 bits per heavy atom. The molecule has 0 spiro atoms. The van der Waals surface area contributed by atoms with E-state index in [0.717, 1.165) is 12.8 Å². The fourth-order valence-electron chi connectivity index (χ4n) is 0.789. The zero-order valence-electron chi connectivity index (χ0n) is 6.59. The van der Waals surface area contributed by atoms with E-state index >= 15 is 0 Å². The van der Waals surface area contributed by atoms with E-state index in [9.17, 15) is 4.79 Å². The number of carbonyl (C=O) groups is 1. The molecule has 0 atom stereocenters. The maximum atomic E-state index is 10.9. The van der Waals surface area contributed by atoms with Crippen LogP contribution in [0.5, 0.6) is 0 Å². The Morgan fingerprint density at radius 3 is 2.27 bits per heavy atom.